The zero-order valence-electron chi connectivity index (χ0n) is 21.3. The molecular formula is C28H31NO6S. The molecule has 0 unspecified atom stereocenters. The lowest BCUT2D eigenvalue weighted by Gasteiger charge is -2.38. The fourth-order valence-corrected chi connectivity index (χ4v) is 5.12. The average molecular weight is 510 g/mol. The van der Waals surface area contributed by atoms with E-state index in [1.54, 1.807) is 31.4 Å². The quantitative estimate of drug-likeness (QED) is 0.362. The van der Waals surface area contributed by atoms with Gasteiger partial charge in [0.2, 0.25) is 0 Å². The van der Waals surface area contributed by atoms with Crippen LogP contribution in [0.15, 0.2) is 35.8 Å². The summed E-state index contributed by atoms with van der Waals surface area (Å²) in [5.41, 5.74) is 4.64. The van der Waals surface area contributed by atoms with Gasteiger partial charge in [0.25, 0.3) is 11.1 Å². The summed E-state index contributed by atoms with van der Waals surface area (Å²) in [6.45, 7) is 12.8. The summed E-state index contributed by atoms with van der Waals surface area (Å²) < 4.78 is 24.2. The van der Waals surface area contributed by atoms with Crippen LogP contribution in [0.25, 0.3) is 6.08 Å². The molecule has 0 saturated carbocycles. The van der Waals surface area contributed by atoms with Gasteiger partial charge in [0.1, 0.15) is 30.3 Å². The van der Waals surface area contributed by atoms with E-state index < -0.39 is 11.5 Å². The van der Waals surface area contributed by atoms with Gasteiger partial charge in [0.05, 0.1) is 12.0 Å². The Labute approximate surface area is 215 Å². The molecule has 0 aromatic heterocycles. The molecule has 8 heteroatoms. The number of carbonyl (C=O) groups excluding carboxylic acids is 2. The van der Waals surface area contributed by atoms with E-state index in [0.717, 1.165) is 58.4 Å². The third-order valence-corrected chi connectivity index (χ3v) is 7.38. The van der Waals surface area contributed by atoms with Gasteiger partial charge in [-0.05, 0) is 92.8 Å². The molecule has 2 amide bonds. The van der Waals surface area contributed by atoms with E-state index >= 15 is 0 Å². The molecule has 0 aliphatic carbocycles. The van der Waals surface area contributed by atoms with Gasteiger partial charge in [0, 0.05) is 5.56 Å². The molecule has 0 spiro atoms. The number of carbonyl (C=O) groups is 2. The molecule has 2 aliphatic rings. The van der Waals surface area contributed by atoms with Crippen LogP contribution in [0.5, 0.6) is 23.0 Å². The number of imide groups is 1. The van der Waals surface area contributed by atoms with Crippen molar-refractivity contribution in [1.82, 2.24) is 5.32 Å². The zero-order chi connectivity index (χ0) is 26.0. The maximum absolute atomic E-state index is 11.8. The standard InChI is InChI=1S/C28H31NO6S/c1-7-12-33-24-16(2)17(3)25-20(18(24)4)10-11-28(5,35-25)15-34-21-9-8-19(13-22(21)32-6)14-23-26(30)29-27(31)36-23/h7-9,13-14H,1,10-12,15H2,2-6H3,(H,29,30,31)/b23-14-/t28-/m1/s1. The Balaban J connectivity index is 1.51. The summed E-state index contributed by atoms with van der Waals surface area (Å²) in [5, 5.41) is 1.88. The molecule has 7 nitrogen and oxygen atoms in total. The van der Waals surface area contributed by atoms with Crippen molar-refractivity contribution in [2.45, 2.75) is 46.1 Å². The Bertz CT molecular complexity index is 1270. The summed E-state index contributed by atoms with van der Waals surface area (Å²) in [6.07, 6.45) is 5.05. The molecule has 2 heterocycles. The van der Waals surface area contributed by atoms with Crippen LogP contribution in [0.2, 0.25) is 0 Å². The van der Waals surface area contributed by atoms with E-state index in [9.17, 15) is 9.59 Å². The zero-order valence-corrected chi connectivity index (χ0v) is 22.1. The first-order chi connectivity index (χ1) is 17.2. The molecule has 1 fully saturated rings. The summed E-state index contributed by atoms with van der Waals surface area (Å²) in [6, 6.07) is 5.40. The highest BCUT2D eigenvalue weighted by molar-refractivity contribution is 8.18. The maximum atomic E-state index is 11.8. The summed E-state index contributed by atoms with van der Waals surface area (Å²) in [5.74, 6) is 2.53. The molecular weight excluding hydrogens is 478 g/mol. The van der Waals surface area contributed by atoms with E-state index in [1.165, 1.54) is 5.56 Å². The Morgan fingerprint density at radius 1 is 1.14 bits per heavy atom. The van der Waals surface area contributed by atoms with Crippen LogP contribution in [-0.2, 0) is 11.2 Å². The highest BCUT2D eigenvalue weighted by atomic mass is 32.2. The van der Waals surface area contributed by atoms with Crippen LogP contribution in [0.1, 0.15) is 41.2 Å². The minimum absolute atomic E-state index is 0.336. The number of amides is 2. The second-order valence-corrected chi connectivity index (χ2v) is 10.2. The third kappa shape index (κ3) is 5.09. The highest BCUT2D eigenvalue weighted by Gasteiger charge is 2.36. The van der Waals surface area contributed by atoms with Crippen molar-refractivity contribution in [2.75, 3.05) is 20.3 Å². The second kappa shape index (κ2) is 10.3. The van der Waals surface area contributed by atoms with Gasteiger partial charge in [0.15, 0.2) is 11.5 Å². The first-order valence-electron chi connectivity index (χ1n) is 11.8. The monoisotopic (exact) mass is 509 g/mol. The number of nitrogens with one attached hydrogen (secondary N) is 1. The first kappa shape index (κ1) is 25.7. The van der Waals surface area contributed by atoms with Crippen LogP contribution >= 0.6 is 11.8 Å². The molecule has 2 aromatic rings. The van der Waals surface area contributed by atoms with E-state index in [2.05, 4.69) is 39.6 Å². The average Bonchev–Trinajstić information content (AvgIpc) is 3.17. The van der Waals surface area contributed by atoms with Gasteiger partial charge in [-0.25, -0.2) is 0 Å². The van der Waals surface area contributed by atoms with Crippen LogP contribution < -0.4 is 24.3 Å². The van der Waals surface area contributed by atoms with Crippen molar-refractivity contribution >= 4 is 29.0 Å². The molecule has 0 bridgehead atoms. The molecule has 2 aromatic carbocycles. The van der Waals surface area contributed by atoms with E-state index in [4.69, 9.17) is 18.9 Å². The normalized spacial score (nSPS) is 20.0. The van der Waals surface area contributed by atoms with Crippen LogP contribution in [0.3, 0.4) is 0 Å². The minimum Gasteiger partial charge on any atom is -0.493 e. The number of benzene rings is 2. The Hall–Kier alpha value is -3.39. The lowest BCUT2D eigenvalue weighted by Crippen LogP contribution is -2.42. The van der Waals surface area contributed by atoms with E-state index in [-0.39, 0.29) is 5.24 Å². The third-order valence-electron chi connectivity index (χ3n) is 6.57. The number of hydrogen-bond acceptors (Lipinski definition) is 7. The first-order valence-corrected chi connectivity index (χ1v) is 12.6. The number of hydrogen-bond donors (Lipinski definition) is 1. The number of rotatable bonds is 8. The summed E-state index contributed by atoms with van der Waals surface area (Å²) >= 11 is 0.877. The lowest BCUT2D eigenvalue weighted by molar-refractivity contribution is -0.115. The fourth-order valence-electron chi connectivity index (χ4n) is 4.44. The van der Waals surface area contributed by atoms with E-state index in [1.807, 2.05) is 6.07 Å². The van der Waals surface area contributed by atoms with Crippen molar-refractivity contribution < 1.29 is 28.5 Å². The second-order valence-electron chi connectivity index (χ2n) is 9.21. The molecule has 1 atom stereocenters. The Morgan fingerprint density at radius 2 is 1.92 bits per heavy atom. The van der Waals surface area contributed by atoms with Crippen molar-refractivity contribution in [1.29, 1.82) is 0 Å². The van der Waals surface area contributed by atoms with Crippen LogP contribution in [-0.4, -0.2) is 37.1 Å². The van der Waals surface area contributed by atoms with Gasteiger partial charge < -0.3 is 18.9 Å². The van der Waals surface area contributed by atoms with Crippen LogP contribution in [0.4, 0.5) is 4.79 Å². The minimum atomic E-state index is -0.523. The number of thioether (sulfide) groups is 1. The van der Waals surface area contributed by atoms with Gasteiger partial charge in [-0.2, -0.15) is 0 Å². The van der Waals surface area contributed by atoms with Crippen molar-refractivity contribution in [3.05, 3.63) is 63.6 Å². The smallest absolute Gasteiger partial charge is 0.290 e. The summed E-state index contributed by atoms with van der Waals surface area (Å²) in [7, 11) is 1.57. The SMILES string of the molecule is C=CCOc1c(C)c(C)c2c(c1C)CC[C@](C)(COc1ccc(/C=C3\SC(=O)NC3=O)cc1OC)O2. The largest absolute Gasteiger partial charge is 0.493 e. The van der Waals surface area contributed by atoms with Crippen molar-refractivity contribution in [3.8, 4) is 23.0 Å². The highest BCUT2D eigenvalue weighted by Crippen LogP contribution is 2.44. The molecule has 4 rings (SSSR count). The Morgan fingerprint density at radius 3 is 2.58 bits per heavy atom. The lowest BCUT2D eigenvalue weighted by atomic mass is 9.87. The van der Waals surface area contributed by atoms with Crippen molar-refractivity contribution in [2.24, 2.45) is 0 Å². The van der Waals surface area contributed by atoms with Gasteiger partial charge >= 0.3 is 0 Å². The number of methoxy groups -OCH3 is 1. The number of fused-ring (bicyclic) bond motifs is 1. The van der Waals surface area contributed by atoms with Crippen LogP contribution in [0, 0.1) is 20.8 Å². The maximum Gasteiger partial charge on any atom is 0.290 e. The van der Waals surface area contributed by atoms with E-state index in [0.29, 0.717) is 29.6 Å². The fraction of sp³-hybridized carbons (Fsp3) is 0.357. The Kier molecular flexibility index (Phi) is 7.36. The molecule has 1 N–H and O–H groups in total. The molecule has 1 saturated heterocycles. The van der Waals surface area contributed by atoms with Gasteiger partial charge in [-0.15, -0.1) is 0 Å². The predicted molar refractivity (Wildman–Crippen MR) is 141 cm³/mol. The van der Waals surface area contributed by atoms with Gasteiger partial charge in [-0.1, -0.05) is 18.7 Å². The van der Waals surface area contributed by atoms with Crippen molar-refractivity contribution in [3.63, 3.8) is 0 Å². The molecule has 0 radical (unpaired) electrons. The molecule has 2 aliphatic heterocycles. The summed E-state index contributed by atoms with van der Waals surface area (Å²) in [4.78, 5) is 23.6. The topological polar surface area (TPSA) is 83.1 Å². The molecule has 36 heavy (non-hydrogen) atoms. The van der Waals surface area contributed by atoms with Gasteiger partial charge in [-0.3, -0.25) is 14.9 Å². The molecule has 190 valence electrons. The number of ether oxygens (including phenoxy) is 4. The predicted octanol–water partition coefficient (Wildman–Crippen LogP) is 5.67.